The van der Waals surface area contributed by atoms with Gasteiger partial charge in [-0.1, -0.05) is 32.8 Å². The minimum absolute atomic E-state index is 0.191. The first-order valence-corrected chi connectivity index (χ1v) is 6.55. The van der Waals surface area contributed by atoms with Crippen molar-refractivity contribution in [3.8, 4) is 0 Å². The third-order valence-corrected chi connectivity index (χ3v) is 3.78. The number of rotatable bonds is 5. The molecule has 0 fully saturated rings. The van der Waals surface area contributed by atoms with E-state index < -0.39 is 0 Å². The Hall–Kier alpha value is -0.410. The lowest BCUT2D eigenvalue weighted by molar-refractivity contribution is 0.358. The number of halogens is 2. The zero-order valence-electron chi connectivity index (χ0n) is 10.1. The van der Waals surface area contributed by atoms with Crippen LogP contribution in [0.4, 0.5) is 4.39 Å². The van der Waals surface area contributed by atoms with Gasteiger partial charge in [0.2, 0.25) is 0 Å². The molecule has 0 aliphatic carbocycles. The summed E-state index contributed by atoms with van der Waals surface area (Å²) in [5, 5.41) is 3.28. The van der Waals surface area contributed by atoms with E-state index in [-0.39, 0.29) is 11.9 Å². The van der Waals surface area contributed by atoms with Gasteiger partial charge >= 0.3 is 0 Å². The summed E-state index contributed by atoms with van der Waals surface area (Å²) in [4.78, 5) is 0. The van der Waals surface area contributed by atoms with Gasteiger partial charge in [0.15, 0.2) is 0 Å². The maximum absolute atomic E-state index is 13.5. The van der Waals surface area contributed by atoms with Crippen LogP contribution in [0.2, 0.25) is 0 Å². The lowest BCUT2D eigenvalue weighted by Crippen LogP contribution is -2.24. The van der Waals surface area contributed by atoms with Gasteiger partial charge in [-0.05, 0) is 46.6 Å². The summed E-state index contributed by atoms with van der Waals surface area (Å²) in [6.07, 6.45) is 2.19. The average molecular weight is 288 g/mol. The van der Waals surface area contributed by atoms with Crippen molar-refractivity contribution in [3.63, 3.8) is 0 Å². The quantitative estimate of drug-likeness (QED) is 0.852. The lowest BCUT2D eigenvalue weighted by atomic mass is 9.89. The van der Waals surface area contributed by atoms with Crippen LogP contribution in [0.15, 0.2) is 22.7 Å². The van der Waals surface area contributed by atoms with E-state index in [1.807, 2.05) is 13.1 Å². The topological polar surface area (TPSA) is 12.0 Å². The molecule has 0 saturated carbocycles. The van der Waals surface area contributed by atoms with Crippen molar-refractivity contribution in [2.75, 3.05) is 7.05 Å². The summed E-state index contributed by atoms with van der Waals surface area (Å²) in [6, 6.07) is 5.60. The molecule has 1 aromatic carbocycles. The monoisotopic (exact) mass is 287 g/mol. The zero-order valence-corrected chi connectivity index (χ0v) is 11.6. The molecular weight excluding hydrogens is 269 g/mol. The van der Waals surface area contributed by atoms with Gasteiger partial charge in [0, 0.05) is 6.04 Å². The van der Waals surface area contributed by atoms with Crippen LogP contribution in [-0.2, 0) is 0 Å². The molecule has 1 nitrogen and oxygen atoms in total. The number of hydrogen-bond acceptors (Lipinski definition) is 1. The largest absolute Gasteiger partial charge is 0.313 e. The van der Waals surface area contributed by atoms with E-state index in [9.17, 15) is 4.39 Å². The van der Waals surface area contributed by atoms with Gasteiger partial charge in [-0.3, -0.25) is 0 Å². The SMILES string of the molecule is CCC(CC)C(NC)c1ccc(Br)c(F)c1. The Balaban J connectivity index is 2.98. The molecular formula is C13H19BrFN. The van der Waals surface area contributed by atoms with Crippen molar-refractivity contribution < 1.29 is 4.39 Å². The minimum Gasteiger partial charge on any atom is -0.313 e. The molecule has 0 amide bonds. The van der Waals surface area contributed by atoms with Crippen molar-refractivity contribution in [2.45, 2.75) is 32.7 Å². The molecule has 0 aliphatic rings. The van der Waals surface area contributed by atoms with Gasteiger partial charge in [-0.15, -0.1) is 0 Å². The van der Waals surface area contributed by atoms with E-state index in [0.717, 1.165) is 18.4 Å². The number of hydrogen-bond donors (Lipinski definition) is 1. The van der Waals surface area contributed by atoms with E-state index in [2.05, 4.69) is 35.1 Å². The minimum atomic E-state index is -0.191. The van der Waals surface area contributed by atoms with Gasteiger partial charge < -0.3 is 5.32 Å². The number of benzene rings is 1. The standard InChI is InChI=1S/C13H19BrFN/c1-4-9(5-2)13(16-3)10-6-7-11(14)12(15)8-10/h6-9,13,16H,4-5H2,1-3H3. The molecule has 1 atom stereocenters. The smallest absolute Gasteiger partial charge is 0.137 e. The van der Waals surface area contributed by atoms with Crippen LogP contribution < -0.4 is 5.32 Å². The van der Waals surface area contributed by atoms with Gasteiger partial charge in [0.05, 0.1) is 4.47 Å². The highest BCUT2D eigenvalue weighted by Crippen LogP contribution is 2.29. The van der Waals surface area contributed by atoms with Crippen molar-refractivity contribution >= 4 is 15.9 Å². The summed E-state index contributed by atoms with van der Waals surface area (Å²) < 4.78 is 14.0. The Labute approximate surface area is 106 Å². The second kappa shape index (κ2) is 6.36. The maximum atomic E-state index is 13.5. The van der Waals surface area contributed by atoms with E-state index in [4.69, 9.17) is 0 Å². The van der Waals surface area contributed by atoms with Crippen molar-refractivity contribution in [3.05, 3.63) is 34.1 Å². The molecule has 0 aromatic heterocycles. The highest BCUT2D eigenvalue weighted by molar-refractivity contribution is 9.10. The molecule has 90 valence electrons. The first kappa shape index (κ1) is 13.7. The van der Waals surface area contributed by atoms with Crippen LogP contribution in [0, 0.1) is 11.7 Å². The van der Waals surface area contributed by atoms with Gasteiger partial charge in [0.25, 0.3) is 0 Å². The summed E-state index contributed by atoms with van der Waals surface area (Å²) >= 11 is 3.18. The van der Waals surface area contributed by atoms with E-state index >= 15 is 0 Å². The van der Waals surface area contributed by atoms with E-state index in [0.29, 0.717) is 10.4 Å². The molecule has 1 N–H and O–H groups in total. The molecule has 0 saturated heterocycles. The average Bonchev–Trinajstić information content (AvgIpc) is 2.29. The molecule has 0 heterocycles. The summed E-state index contributed by atoms with van der Waals surface area (Å²) in [5.74, 6) is 0.356. The second-order valence-corrected chi connectivity index (χ2v) is 4.87. The second-order valence-electron chi connectivity index (χ2n) is 4.02. The molecule has 0 spiro atoms. The van der Waals surface area contributed by atoms with Gasteiger partial charge in [-0.2, -0.15) is 0 Å². The first-order chi connectivity index (χ1) is 7.63. The predicted molar refractivity (Wildman–Crippen MR) is 70.0 cm³/mol. The Morgan fingerprint density at radius 1 is 1.31 bits per heavy atom. The van der Waals surface area contributed by atoms with Crippen LogP contribution in [0.3, 0.4) is 0 Å². The van der Waals surface area contributed by atoms with Crippen LogP contribution in [-0.4, -0.2) is 7.05 Å². The predicted octanol–water partition coefficient (Wildman–Crippen LogP) is 4.28. The molecule has 0 radical (unpaired) electrons. The molecule has 0 bridgehead atoms. The lowest BCUT2D eigenvalue weighted by Gasteiger charge is -2.25. The van der Waals surface area contributed by atoms with Gasteiger partial charge in [-0.25, -0.2) is 4.39 Å². The normalized spacial score (nSPS) is 13.1. The fourth-order valence-electron chi connectivity index (χ4n) is 2.14. The van der Waals surface area contributed by atoms with Crippen molar-refractivity contribution in [1.29, 1.82) is 0 Å². The number of nitrogens with one attached hydrogen (secondary N) is 1. The highest BCUT2D eigenvalue weighted by atomic mass is 79.9. The Morgan fingerprint density at radius 3 is 2.38 bits per heavy atom. The summed E-state index contributed by atoms with van der Waals surface area (Å²) in [7, 11) is 1.93. The van der Waals surface area contributed by atoms with Crippen LogP contribution >= 0.6 is 15.9 Å². The van der Waals surface area contributed by atoms with Crippen molar-refractivity contribution in [1.82, 2.24) is 5.32 Å². The van der Waals surface area contributed by atoms with Crippen LogP contribution in [0.25, 0.3) is 0 Å². The maximum Gasteiger partial charge on any atom is 0.137 e. The molecule has 1 aromatic rings. The van der Waals surface area contributed by atoms with Crippen LogP contribution in [0.5, 0.6) is 0 Å². The van der Waals surface area contributed by atoms with Crippen LogP contribution in [0.1, 0.15) is 38.3 Å². The molecule has 3 heteroatoms. The molecule has 16 heavy (non-hydrogen) atoms. The Bertz CT molecular complexity index is 337. The third kappa shape index (κ3) is 3.05. The zero-order chi connectivity index (χ0) is 12.1. The fraction of sp³-hybridized carbons (Fsp3) is 0.538. The molecule has 1 unspecified atom stereocenters. The van der Waals surface area contributed by atoms with Crippen molar-refractivity contribution in [2.24, 2.45) is 5.92 Å². The summed E-state index contributed by atoms with van der Waals surface area (Å²) in [5.41, 5.74) is 1.02. The Morgan fingerprint density at radius 2 is 1.94 bits per heavy atom. The molecule has 0 aliphatic heterocycles. The summed E-state index contributed by atoms with van der Waals surface area (Å²) in [6.45, 7) is 4.35. The molecule has 1 rings (SSSR count). The fourth-order valence-corrected chi connectivity index (χ4v) is 2.39. The van der Waals surface area contributed by atoms with Gasteiger partial charge in [0.1, 0.15) is 5.82 Å². The Kier molecular flexibility index (Phi) is 5.42. The highest BCUT2D eigenvalue weighted by Gasteiger charge is 2.19. The van der Waals surface area contributed by atoms with E-state index in [1.54, 1.807) is 12.1 Å². The first-order valence-electron chi connectivity index (χ1n) is 5.76. The van der Waals surface area contributed by atoms with E-state index in [1.165, 1.54) is 0 Å². The third-order valence-electron chi connectivity index (χ3n) is 3.13.